The first-order valence-corrected chi connectivity index (χ1v) is 13.3. The zero-order chi connectivity index (χ0) is 26.8. The van der Waals surface area contributed by atoms with Gasteiger partial charge in [-0.05, 0) is 54.4 Å². The van der Waals surface area contributed by atoms with Crippen LogP contribution in [0.1, 0.15) is 21.7 Å². The highest BCUT2D eigenvalue weighted by molar-refractivity contribution is 6.47. The van der Waals surface area contributed by atoms with Crippen LogP contribution in [0.3, 0.4) is 0 Å². The molecule has 1 N–H and O–H groups in total. The lowest BCUT2D eigenvalue weighted by molar-refractivity contribution is -0.112. The average Bonchev–Trinajstić information content (AvgIpc) is 3.38. The number of pyridine rings is 1. The smallest absolute Gasteiger partial charge is 0.298 e. The van der Waals surface area contributed by atoms with Crippen LogP contribution in [0.4, 0.5) is 17.2 Å². The number of nitrogens with zero attached hydrogens (tertiary/aromatic N) is 4. The molecule has 0 bridgehead atoms. The Morgan fingerprint density at radius 1 is 0.872 bits per heavy atom. The molecule has 198 valence electrons. The normalized spacial score (nSPS) is 15.1. The molecule has 2 aliphatic heterocycles. The summed E-state index contributed by atoms with van der Waals surface area (Å²) in [4.78, 5) is 35.8. The van der Waals surface area contributed by atoms with E-state index in [9.17, 15) is 9.59 Å². The van der Waals surface area contributed by atoms with Crippen LogP contribution in [0, 0.1) is 6.92 Å². The number of aryl methyl sites for hydroxylation is 1. The molecule has 0 atom stereocenters. The minimum atomic E-state index is -0.647. The van der Waals surface area contributed by atoms with Crippen molar-refractivity contribution in [1.82, 2.24) is 9.55 Å². The van der Waals surface area contributed by atoms with Crippen molar-refractivity contribution >= 4 is 28.9 Å². The number of nitrogens with one attached hydrogen (secondary N) is 1. The fraction of sp³-hybridized carbons (Fsp3) is 0.258. The highest BCUT2D eigenvalue weighted by atomic mass is 16.5. The van der Waals surface area contributed by atoms with Gasteiger partial charge in [0, 0.05) is 61.6 Å². The molecule has 1 amide bonds. The van der Waals surface area contributed by atoms with E-state index < -0.39 is 11.7 Å². The second-order valence-corrected chi connectivity index (χ2v) is 9.97. The number of Topliss-reactive ketones (excluding diaryl/α,β-unsaturated/α-hetero) is 1. The van der Waals surface area contributed by atoms with E-state index in [0.29, 0.717) is 31.1 Å². The van der Waals surface area contributed by atoms with Gasteiger partial charge in [0.2, 0.25) is 0 Å². The van der Waals surface area contributed by atoms with Gasteiger partial charge < -0.3 is 24.4 Å². The summed E-state index contributed by atoms with van der Waals surface area (Å²) in [6.45, 7) is 7.05. The number of rotatable bonds is 6. The lowest BCUT2D eigenvalue weighted by Gasteiger charge is -2.36. The van der Waals surface area contributed by atoms with Crippen molar-refractivity contribution in [3.8, 4) is 11.1 Å². The first-order chi connectivity index (χ1) is 19.1. The van der Waals surface area contributed by atoms with E-state index in [1.807, 2.05) is 78.4 Å². The number of piperazine rings is 1. The summed E-state index contributed by atoms with van der Waals surface area (Å²) < 4.78 is 7.51. The summed E-state index contributed by atoms with van der Waals surface area (Å²) in [7, 11) is 0. The van der Waals surface area contributed by atoms with Gasteiger partial charge in [-0.3, -0.25) is 9.59 Å². The Balaban J connectivity index is 1.13. The third-order valence-corrected chi connectivity index (χ3v) is 7.39. The van der Waals surface area contributed by atoms with E-state index in [-0.39, 0.29) is 0 Å². The third kappa shape index (κ3) is 5.15. The Morgan fingerprint density at radius 2 is 1.62 bits per heavy atom. The van der Waals surface area contributed by atoms with Crippen molar-refractivity contribution in [1.29, 1.82) is 0 Å². The highest BCUT2D eigenvalue weighted by Crippen LogP contribution is 2.30. The van der Waals surface area contributed by atoms with E-state index in [0.717, 1.165) is 60.1 Å². The van der Waals surface area contributed by atoms with Crippen LogP contribution >= 0.6 is 0 Å². The number of anilines is 3. The number of hydrogen-bond acceptors (Lipinski definition) is 6. The summed E-state index contributed by atoms with van der Waals surface area (Å²) in [5.41, 5.74) is 5.81. The summed E-state index contributed by atoms with van der Waals surface area (Å²) in [5, 5.41) is 2.81. The monoisotopic (exact) mass is 521 g/mol. The number of carbonyl (C=O) groups excluding carboxylic acids is 2. The van der Waals surface area contributed by atoms with Gasteiger partial charge in [0.15, 0.2) is 0 Å². The Kier molecular flexibility index (Phi) is 6.85. The lowest BCUT2D eigenvalue weighted by atomic mass is 10.0. The van der Waals surface area contributed by atoms with Crippen LogP contribution in [-0.2, 0) is 22.7 Å². The van der Waals surface area contributed by atoms with E-state index in [2.05, 4.69) is 32.2 Å². The molecular formula is C31H31N5O3. The largest absolute Gasteiger partial charge is 0.373 e. The zero-order valence-corrected chi connectivity index (χ0v) is 22.0. The minimum Gasteiger partial charge on any atom is -0.373 e. The number of ether oxygens (including phenoxy) is 1. The number of aromatic nitrogens is 2. The average molecular weight is 522 g/mol. The Morgan fingerprint density at radius 3 is 2.33 bits per heavy atom. The first-order valence-electron chi connectivity index (χ1n) is 13.3. The third-order valence-electron chi connectivity index (χ3n) is 7.39. The van der Waals surface area contributed by atoms with Crippen LogP contribution in [0.2, 0.25) is 0 Å². The van der Waals surface area contributed by atoms with Gasteiger partial charge in [0.1, 0.15) is 11.5 Å². The van der Waals surface area contributed by atoms with E-state index in [4.69, 9.17) is 4.74 Å². The molecule has 0 aliphatic carbocycles. The highest BCUT2D eigenvalue weighted by Gasteiger charge is 2.28. The first kappa shape index (κ1) is 24.9. The predicted molar refractivity (Wildman–Crippen MR) is 152 cm³/mol. The summed E-state index contributed by atoms with van der Waals surface area (Å²) in [5.74, 6) is -0.186. The number of fused-ring (bicyclic) bond motifs is 1. The molecule has 39 heavy (non-hydrogen) atoms. The molecule has 0 saturated carbocycles. The van der Waals surface area contributed by atoms with Gasteiger partial charge in [-0.25, -0.2) is 4.98 Å². The number of amides is 1. The molecular weight excluding hydrogens is 490 g/mol. The predicted octanol–water partition coefficient (Wildman–Crippen LogP) is 4.54. The van der Waals surface area contributed by atoms with Gasteiger partial charge in [-0.1, -0.05) is 36.4 Å². The van der Waals surface area contributed by atoms with E-state index in [1.165, 1.54) is 0 Å². The van der Waals surface area contributed by atoms with Gasteiger partial charge >= 0.3 is 0 Å². The van der Waals surface area contributed by atoms with Gasteiger partial charge in [-0.2, -0.15) is 0 Å². The molecule has 0 spiro atoms. The molecule has 4 heterocycles. The summed E-state index contributed by atoms with van der Waals surface area (Å²) >= 11 is 0. The van der Waals surface area contributed by atoms with E-state index >= 15 is 0 Å². The molecule has 0 radical (unpaired) electrons. The molecule has 6 rings (SSSR count). The number of benzene rings is 2. The zero-order valence-electron chi connectivity index (χ0n) is 22.0. The molecule has 1 fully saturated rings. The van der Waals surface area contributed by atoms with Crippen LogP contribution in [-0.4, -0.2) is 54.0 Å². The minimum absolute atomic E-state index is 0.412. The quantitative estimate of drug-likeness (QED) is 0.297. The fourth-order valence-corrected chi connectivity index (χ4v) is 5.28. The molecule has 2 aliphatic rings. The van der Waals surface area contributed by atoms with E-state index in [1.54, 1.807) is 0 Å². The van der Waals surface area contributed by atoms with Crippen LogP contribution in [0.15, 0.2) is 79.0 Å². The molecule has 8 nitrogen and oxygen atoms in total. The topological polar surface area (TPSA) is 79.7 Å². The molecule has 0 unspecified atom stereocenters. The van der Waals surface area contributed by atoms with Crippen molar-refractivity contribution in [2.75, 3.05) is 47.9 Å². The number of carbonyl (C=O) groups is 2. The Labute approximate surface area is 227 Å². The molecule has 8 heteroatoms. The van der Waals surface area contributed by atoms with Crippen molar-refractivity contribution in [2.24, 2.45) is 0 Å². The Bertz CT molecular complexity index is 1470. The SMILES string of the molecule is Cc1ccc(N2CCN(c3ccc(NC(=O)C(=O)c4c(-c5ccccc5)cc5n4CCOC5)cc3)CC2)nc1. The summed E-state index contributed by atoms with van der Waals surface area (Å²) in [6, 6.07) is 23.5. The van der Waals surface area contributed by atoms with Crippen molar-refractivity contribution in [3.05, 3.63) is 95.9 Å². The second-order valence-electron chi connectivity index (χ2n) is 9.97. The Hall–Kier alpha value is -4.43. The van der Waals surface area contributed by atoms with Crippen LogP contribution in [0.5, 0.6) is 0 Å². The van der Waals surface area contributed by atoms with Crippen molar-refractivity contribution in [3.63, 3.8) is 0 Å². The van der Waals surface area contributed by atoms with Crippen molar-refractivity contribution < 1.29 is 14.3 Å². The standard InChI is InChI=1S/C31H31N5O3/c1-22-7-12-28(32-20-22)35-15-13-34(14-16-35)25-10-8-24(9-11-25)33-31(38)30(37)29-27(23-5-3-2-4-6-23)19-26-21-39-18-17-36(26)29/h2-12,19-20H,13-18,21H2,1H3,(H,33,38). The summed E-state index contributed by atoms with van der Waals surface area (Å²) in [6.07, 6.45) is 1.90. The lowest BCUT2D eigenvalue weighted by Crippen LogP contribution is -2.46. The maximum absolute atomic E-state index is 13.5. The van der Waals surface area contributed by atoms with Gasteiger partial charge in [0.25, 0.3) is 11.7 Å². The molecule has 2 aromatic heterocycles. The molecule has 1 saturated heterocycles. The number of hydrogen-bond donors (Lipinski definition) is 1. The molecule has 4 aromatic rings. The maximum atomic E-state index is 13.5. The second kappa shape index (κ2) is 10.7. The fourth-order valence-electron chi connectivity index (χ4n) is 5.28. The van der Waals surface area contributed by atoms with Crippen molar-refractivity contribution in [2.45, 2.75) is 20.1 Å². The van der Waals surface area contributed by atoms with Gasteiger partial charge in [-0.15, -0.1) is 0 Å². The maximum Gasteiger partial charge on any atom is 0.298 e. The van der Waals surface area contributed by atoms with Crippen LogP contribution < -0.4 is 15.1 Å². The number of ketones is 1. The van der Waals surface area contributed by atoms with Crippen LogP contribution in [0.25, 0.3) is 11.1 Å². The molecule has 2 aromatic carbocycles. The van der Waals surface area contributed by atoms with Gasteiger partial charge in [0.05, 0.1) is 13.2 Å².